The second-order valence-corrected chi connectivity index (χ2v) is 6.56. The van der Waals surface area contributed by atoms with E-state index >= 15 is 0 Å². The molecule has 1 aromatic heterocycles. The summed E-state index contributed by atoms with van der Waals surface area (Å²) in [6.07, 6.45) is 3.29. The Balaban J connectivity index is 1.51. The number of nitrogens with zero attached hydrogens (tertiary/aromatic N) is 2. The highest BCUT2D eigenvalue weighted by Crippen LogP contribution is 2.17. The van der Waals surface area contributed by atoms with Crippen molar-refractivity contribution in [3.63, 3.8) is 0 Å². The first-order valence-corrected chi connectivity index (χ1v) is 9.41. The van der Waals surface area contributed by atoms with Gasteiger partial charge in [-0.2, -0.15) is 5.10 Å². The predicted molar refractivity (Wildman–Crippen MR) is 108 cm³/mol. The molecule has 0 fully saturated rings. The van der Waals surface area contributed by atoms with Crippen LogP contribution in [-0.4, -0.2) is 22.9 Å². The third-order valence-electron chi connectivity index (χ3n) is 3.54. The molecule has 0 aliphatic carbocycles. The maximum atomic E-state index is 11.9. The Hall–Kier alpha value is -3.12. The van der Waals surface area contributed by atoms with Gasteiger partial charge in [0.1, 0.15) is 12.4 Å². The second kappa shape index (κ2) is 10.1. The molecule has 0 saturated carbocycles. The summed E-state index contributed by atoms with van der Waals surface area (Å²) in [5, 5.41) is 4.83. The first kappa shape index (κ1) is 18.7. The van der Waals surface area contributed by atoms with Gasteiger partial charge in [0.25, 0.3) is 0 Å². The number of ether oxygens (including phenoxy) is 1. The van der Waals surface area contributed by atoms with Crippen LogP contribution in [0.4, 0.5) is 0 Å². The maximum Gasteiger partial charge on any atom is 0.250 e. The van der Waals surface area contributed by atoms with Gasteiger partial charge in [0.05, 0.1) is 17.0 Å². The van der Waals surface area contributed by atoms with Gasteiger partial charge in [-0.25, -0.2) is 10.4 Å². The molecular formula is C21H19N3O2S. The Bertz CT molecular complexity index is 886. The van der Waals surface area contributed by atoms with Gasteiger partial charge in [-0.15, -0.1) is 0 Å². The summed E-state index contributed by atoms with van der Waals surface area (Å²) in [7, 11) is 0. The number of carbonyl (C=O) groups is 1. The van der Waals surface area contributed by atoms with Crippen molar-refractivity contribution in [2.45, 2.75) is 11.6 Å². The van der Waals surface area contributed by atoms with Gasteiger partial charge in [-0.1, -0.05) is 60.3 Å². The third-order valence-corrected chi connectivity index (χ3v) is 4.48. The summed E-state index contributed by atoms with van der Waals surface area (Å²) in [5.74, 6) is 0.771. The fourth-order valence-electron chi connectivity index (χ4n) is 2.23. The summed E-state index contributed by atoms with van der Waals surface area (Å²) in [6, 6.07) is 23.1. The van der Waals surface area contributed by atoms with E-state index in [0.717, 1.165) is 16.2 Å². The number of amides is 1. The second-order valence-electron chi connectivity index (χ2n) is 5.56. The molecule has 0 aliphatic heterocycles. The standard InChI is InChI=1S/C21H19N3O2S/c25-20(16-27-21-12-6-7-13-22-21)24-23-14-18-10-4-5-11-19(18)26-15-17-8-2-1-3-9-17/h1-14H,15-16H2,(H,24,25)/b23-14+. The van der Waals surface area contributed by atoms with Crippen molar-refractivity contribution in [2.24, 2.45) is 5.10 Å². The lowest BCUT2D eigenvalue weighted by Gasteiger charge is -2.09. The molecule has 0 radical (unpaired) electrons. The SMILES string of the molecule is O=C(CSc1ccccn1)N/N=C/c1ccccc1OCc1ccccc1. The average Bonchev–Trinajstić information content (AvgIpc) is 2.73. The maximum absolute atomic E-state index is 11.9. The van der Waals surface area contributed by atoms with Crippen molar-refractivity contribution in [2.75, 3.05) is 5.75 Å². The number of aromatic nitrogens is 1. The first-order chi connectivity index (χ1) is 13.3. The van der Waals surface area contributed by atoms with Crippen molar-refractivity contribution in [1.82, 2.24) is 10.4 Å². The van der Waals surface area contributed by atoms with E-state index in [-0.39, 0.29) is 11.7 Å². The number of pyridine rings is 1. The Kier molecular flexibility index (Phi) is 7.00. The quantitative estimate of drug-likeness (QED) is 0.367. The van der Waals surface area contributed by atoms with Gasteiger partial charge in [0, 0.05) is 11.8 Å². The lowest BCUT2D eigenvalue weighted by Crippen LogP contribution is -2.19. The van der Waals surface area contributed by atoms with Crippen LogP contribution in [0.15, 0.2) is 89.1 Å². The van der Waals surface area contributed by atoms with Gasteiger partial charge in [-0.3, -0.25) is 4.79 Å². The van der Waals surface area contributed by atoms with E-state index in [9.17, 15) is 4.79 Å². The zero-order valence-electron chi connectivity index (χ0n) is 14.6. The van der Waals surface area contributed by atoms with Crippen molar-refractivity contribution >= 4 is 23.9 Å². The summed E-state index contributed by atoms with van der Waals surface area (Å²) < 4.78 is 5.87. The molecule has 136 valence electrons. The minimum atomic E-state index is -0.190. The van der Waals surface area contributed by atoms with Crippen molar-refractivity contribution < 1.29 is 9.53 Å². The fraction of sp³-hybridized carbons (Fsp3) is 0.0952. The molecule has 27 heavy (non-hydrogen) atoms. The van der Waals surface area contributed by atoms with Crippen LogP contribution in [0.2, 0.25) is 0 Å². The van der Waals surface area contributed by atoms with Crippen LogP contribution in [0.3, 0.4) is 0 Å². The number of hydrogen-bond acceptors (Lipinski definition) is 5. The molecule has 6 heteroatoms. The summed E-state index contributed by atoms with van der Waals surface area (Å²) >= 11 is 1.36. The molecule has 0 atom stereocenters. The van der Waals surface area contributed by atoms with Crippen molar-refractivity contribution in [3.8, 4) is 5.75 Å². The first-order valence-electron chi connectivity index (χ1n) is 8.43. The minimum absolute atomic E-state index is 0.190. The smallest absolute Gasteiger partial charge is 0.250 e. The summed E-state index contributed by atoms with van der Waals surface area (Å²) in [5.41, 5.74) is 4.41. The lowest BCUT2D eigenvalue weighted by molar-refractivity contribution is -0.118. The zero-order valence-corrected chi connectivity index (χ0v) is 15.4. The molecular weight excluding hydrogens is 358 g/mol. The molecule has 0 unspecified atom stereocenters. The number of hydrazone groups is 1. The highest BCUT2D eigenvalue weighted by molar-refractivity contribution is 7.99. The predicted octanol–water partition coefficient (Wildman–Crippen LogP) is 3.90. The van der Waals surface area contributed by atoms with E-state index in [4.69, 9.17) is 4.74 Å². The van der Waals surface area contributed by atoms with Crippen LogP contribution in [0, 0.1) is 0 Å². The molecule has 3 rings (SSSR count). The Morgan fingerprint density at radius 1 is 1.04 bits per heavy atom. The minimum Gasteiger partial charge on any atom is -0.488 e. The number of para-hydroxylation sites is 1. The molecule has 1 heterocycles. The van der Waals surface area contributed by atoms with Gasteiger partial charge in [0.15, 0.2) is 0 Å². The molecule has 1 N–H and O–H groups in total. The average molecular weight is 377 g/mol. The van der Waals surface area contributed by atoms with Gasteiger partial charge in [0.2, 0.25) is 5.91 Å². The van der Waals surface area contributed by atoms with Gasteiger partial charge >= 0.3 is 0 Å². The largest absolute Gasteiger partial charge is 0.488 e. The van der Waals surface area contributed by atoms with Crippen LogP contribution >= 0.6 is 11.8 Å². The topological polar surface area (TPSA) is 63.6 Å². The molecule has 1 amide bonds. The van der Waals surface area contributed by atoms with E-state index in [2.05, 4.69) is 15.5 Å². The number of nitrogens with one attached hydrogen (secondary N) is 1. The highest BCUT2D eigenvalue weighted by Gasteiger charge is 2.04. The van der Waals surface area contributed by atoms with Crippen molar-refractivity contribution in [3.05, 3.63) is 90.1 Å². The fourth-order valence-corrected chi connectivity index (χ4v) is 2.89. The molecule has 0 bridgehead atoms. The van der Waals surface area contributed by atoms with Crippen LogP contribution in [-0.2, 0) is 11.4 Å². The van der Waals surface area contributed by atoms with Crippen molar-refractivity contribution in [1.29, 1.82) is 0 Å². The van der Waals surface area contributed by atoms with E-state index < -0.39 is 0 Å². The molecule has 3 aromatic rings. The van der Waals surface area contributed by atoms with Crippen LogP contribution in [0.25, 0.3) is 0 Å². The Labute approximate surface area is 162 Å². The van der Waals surface area contributed by atoms with Gasteiger partial charge < -0.3 is 4.74 Å². The molecule has 5 nitrogen and oxygen atoms in total. The normalized spacial score (nSPS) is 10.7. The number of thioether (sulfide) groups is 1. The third kappa shape index (κ3) is 6.27. The van der Waals surface area contributed by atoms with Crippen LogP contribution in [0.1, 0.15) is 11.1 Å². The molecule has 2 aromatic carbocycles. The molecule has 0 spiro atoms. The Morgan fingerprint density at radius 3 is 2.63 bits per heavy atom. The van der Waals surface area contributed by atoms with Gasteiger partial charge in [-0.05, 0) is 29.8 Å². The monoisotopic (exact) mass is 377 g/mol. The number of carbonyl (C=O) groups excluding carboxylic acids is 1. The van der Waals surface area contributed by atoms with E-state index in [1.54, 1.807) is 12.4 Å². The number of rotatable bonds is 8. The Morgan fingerprint density at radius 2 is 1.81 bits per heavy atom. The summed E-state index contributed by atoms with van der Waals surface area (Å²) in [4.78, 5) is 16.1. The van der Waals surface area contributed by atoms with E-state index in [1.807, 2.05) is 72.8 Å². The van der Waals surface area contributed by atoms with E-state index in [1.165, 1.54) is 11.8 Å². The molecule has 0 aliphatic rings. The molecule has 0 saturated heterocycles. The lowest BCUT2D eigenvalue weighted by atomic mass is 10.2. The highest BCUT2D eigenvalue weighted by atomic mass is 32.2. The number of benzene rings is 2. The zero-order chi connectivity index (χ0) is 18.7. The van der Waals surface area contributed by atoms with E-state index in [0.29, 0.717) is 12.4 Å². The van der Waals surface area contributed by atoms with Crippen LogP contribution in [0.5, 0.6) is 5.75 Å². The summed E-state index contributed by atoms with van der Waals surface area (Å²) in [6.45, 7) is 0.471. The van der Waals surface area contributed by atoms with Crippen LogP contribution < -0.4 is 10.2 Å². The number of hydrogen-bond donors (Lipinski definition) is 1.